The number of carbonyl (C=O) groups is 1. The minimum absolute atomic E-state index is 0.111. The van der Waals surface area contributed by atoms with Crippen molar-refractivity contribution >= 4 is 5.78 Å². The van der Waals surface area contributed by atoms with Gasteiger partial charge in [-0.3, -0.25) is 14.6 Å². The van der Waals surface area contributed by atoms with E-state index in [1.54, 1.807) is 6.92 Å². The van der Waals surface area contributed by atoms with Crippen LogP contribution in [0.4, 0.5) is 0 Å². The van der Waals surface area contributed by atoms with E-state index in [1.807, 2.05) is 12.1 Å². The Bertz CT molecular complexity index is 1040. The van der Waals surface area contributed by atoms with Crippen molar-refractivity contribution in [1.82, 2.24) is 9.80 Å². The second-order valence-corrected chi connectivity index (χ2v) is 9.30. The molecule has 1 heterocycles. The van der Waals surface area contributed by atoms with E-state index in [0.29, 0.717) is 12.1 Å². The number of rotatable bonds is 6. The lowest BCUT2D eigenvalue weighted by Gasteiger charge is -2.47. The lowest BCUT2D eigenvalue weighted by molar-refractivity contribution is 0.0195. The van der Waals surface area contributed by atoms with Crippen molar-refractivity contribution in [2.45, 2.75) is 52.4 Å². The summed E-state index contributed by atoms with van der Waals surface area (Å²) in [5.74, 6) is 0.111. The number of hydrogen-bond acceptors (Lipinski definition) is 3. The van der Waals surface area contributed by atoms with Crippen LogP contribution in [0.3, 0.4) is 0 Å². The fourth-order valence-corrected chi connectivity index (χ4v) is 4.94. The fourth-order valence-electron chi connectivity index (χ4n) is 4.94. The maximum Gasteiger partial charge on any atom is 0.159 e. The number of carbonyl (C=O) groups excluding carboxylic acids is 1. The maximum atomic E-state index is 11.8. The van der Waals surface area contributed by atoms with Gasteiger partial charge in [-0.25, -0.2) is 0 Å². The molecule has 0 saturated carbocycles. The van der Waals surface area contributed by atoms with Gasteiger partial charge in [-0.05, 0) is 44.4 Å². The first kappa shape index (κ1) is 22.4. The lowest BCUT2D eigenvalue weighted by atomic mass is 9.92. The quantitative estimate of drug-likeness (QED) is 0.460. The molecule has 1 aliphatic rings. The summed E-state index contributed by atoms with van der Waals surface area (Å²) >= 11 is 0. The van der Waals surface area contributed by atoms with Crippen molar-refractivity contribution in [3.8, 4) is 0 Å². The summed E-state index contributed by atoms with van der Waals surface area (Å²) in [6.45, 7) is 11.5. The second-order valence-electron chi connectivity index (χ2n) is 9.30. The van der Waals surface area contributed by atoms with Gasteiger partial charge in [-0.15, -0.1) is 0 Å². The highest BCUT2D eigenvalue weighted by atomic mass is 16.1. The average Bonchev–Trinajstić information content (AvgIpc) is 2.78. The van der Waals surface area contributed by atoms with Crippen LogP contribution in [-0.2, 0) is 6.54 Å². The van der Waals surface area contributed by atoms with E-state index in [0.717, 1.165) is 25.2 Å². The van der Waals surface area contributed by atoms with E-state index in [9.17, 15) is 4.79 Å². The summed E-state index contributed by atoms with van der Waals surface area (Å²) < 4.78 is 0. The largest absolute Gasteiger partial charge is 0.295 e. The van der Waals surface area contributed by atoms with E-state index in [4.69, 9.17) is 0 Å². The number of benzene rings is 3. The molecule has 0 aromatic heterocycles. The van der Waals surface area contributed by atoms with Gasteiger partial charge in [-0.2, -0.15) is 0 Å². The Balaban J connectivity index is 1.63. The summed E-state index contributed by atoms with van der Waals surface area (Å²) in [7, 11) is 0. The lowest BCUT2D eigenvalue weighted by Crippen LogP contribution is -2.56. The van der Waals surface area contributed by atoms with Crippen LogP contribution in [0.25, 0.3) is 0 Å². The van der Waals surface area contributed by atoms with Gasteiger partial charge in [0.15, 0.2) is 5.78 Å². The van der Waals surface area contributed by atoms with Crippen LogP contribution in [0, 0.1) is 6.92 Å². The Morgan fingerprint density at radius 3 is 2.25 bits per heavy atom. The highest BCUT2D eigenvalue weighted by molar-refractivity contribution is 5.94. The van der Waals surface area contributed by atoms with Crippen LogP contribution in [-0.4, -0.2) is 40.8 Å². The predicted molar refractivity (Wildman–Crippen MR) is 132 cm³/mol. The van der Waals surface area contributed by atoms with Crippen molar-refractivity contribution in [1.29, 1.82) is 0 Å². The molecule has 1 saturated heterocycles. The third-order valence-electron chi connectivity index (χ3n) is 6.71. The SMILES string of the molecule is CC(=O)c1ccc([C@H](c2cccc(C)c2)N2C[C@@H](C)N(Cc3ccccc3)C[C@@H]2C)cc1. The van der Waals surface area contributed by atoms with Crippen LogP contribution in [0.1, 0.15) is 59.4 Å². The first-order valence-corrected chi connectivity index (χ1v) is 11.6. The van der Waals surface area contributed by atoms with Gasteiger partial charge in [-0.1, -0.05) is 84.4 Å². The summed E-state index contributed by atoms with van der Waals surface area (Å²) in [6, 6.07) is 28.9. The number of piperazine rings is 1. The topological polar surface area (TPSA) is 23.6 Å². The molecule has 0 spiro atoms. The number of aryl methyl sites for hydroxylation is 1. The molecule has 0 N–H and O–H groups in total. The van der Waals surface area contributed by atoms with E-state index >= 15 is 0 Å². The van der Waals surface area contributed by atoms with Crippen molar-refractivity contribution in [2.24, 2.45) is 0 Å². The molecule has 3 heteroatoms. The van der Waals surface area contributed by atoms with Crippen molar-refractivity contribution in [3.63, 3.8) is 0 Å². The Labute approximate surface area is 192 Å². The highest BCUT2D eigenvalue weighted by Crippen LogP contribution is 2.34. The minimum Gasteiger partial charge on any atom is -0.295 e. The molecule has 0 aliphatic carbocycles. The molecule has 4 rings (SSSR count). The monoisotopic (exact) mass is 426 g/mol. The minimum atomic E-state index is 0.111. The summed E-state index contributed by atoms with van der Waals surface area (Å²) in [5.41, 5.74) is 5.98. The van der Waals surface area contributed by atoms with Crippen LogP contribution < -0.4 is 0 Å². The predicted octanol–water partition coefficient (Wildman–Crippen LogP) is 5.88. The third kappa shape index (κ3) is 5.01. The molecule has 0 unspecified atom stereocenters. The molecule has 1 fully saturated rings. The average molecular weight is 427 g/mol. The van der Waals surface area contributed by atoms with Crippen LogP contribution in [0.2, 0.25) is 0 Å². The van der Waals surface area contributed by atoms with Gasteiger partial charge in [0.05, 0.1) is 6.04 Å². The van der Waals surface area contributed by atoms with Crippen molar-refractivity contribution in [2.75, 3.05) is 13.1 Å². The molecule has 3 aromatic rings. The van der Waals surface area contributed by atoms with E-state index in [-0.39, 0.29) is 11.8 Å². The van der Waals surface area contributed by atoms with Crippen LogP contribution in [0.15, 0.2) is 78.9 Å². The van der Waals surface area contributed by atoms with Crippen molar-refractivity contribution in [3.05, 3.63) is 107 Å². The van der Waals surface area contributed by atoms with Crippen molar-refractivity contribution < 1.29 is 4.79 Å². The molecule has 3 aromatic carbocycles. The Morgan fingerprint density at radius 1 is 0.875 bits per heavy atom. The third-order valence-corrected chi connectivity index (χ3v) is 6.71. The smallest absolute Gasteiger partial charge is 0.159 e. The molecule has 0 bridgehead atoms. The normalized spacial score (nSPS) is 20.8. The molecular formula is C29H34N2O. The summed E-state index contributed by atoms with van der Waals surface area (Å²) in [5, 5.41) is 0. The highest BCUT2D eigenvalue weighted by Gasteiger charge is 2.34. The van der Waals surface area contributed by atoms with Gasteiger partial charge in [0.25, 0.3) is 0 Å². The van der Waals surface area contributed by atoms with Gasteiger partial charge >= 0.3 is 0 Å². The Kier molecular flexibility index (Phi) is 6.88. The van der Waals surface area contributed by atoms with Gasteiger partial charge < -0.3 is 0 Å². The zero-order valence-electron chi connectivity index (χ0n) is 19.7. The van der Waals surface area contributed by atoms with Crippen LogP contribution in [0.5, 0.6) is 0 Å². The second kappa shape index (κ2) is 9.81. The standard InChI is InChI=1S/C29H34N2O/c1-21-9-8-12-28(17-21)29(27-15-13-26(14-16-27)24(4)32)31-19-22(2)30(18-23(31)3)20-25-10-6-5-7-11-25/h5-17,22-23,29H,18-20H2,1-4H3/t22-,23+,29-/m1/s1. The number of Topliss-reactive ketones (excluding diaryl/α,β-unsaturated/α-hetero) is 1. The van der Waals surface area contributed by atoms with Gasteiger partial charge in [0.2, 0.25) is 0 Å². The number of hydrogen-bond donors (Lipinski definition) is 0. The molecule has 3 nitrogen and oxygen atoms in total. The fraction of sp³-hybridized carbons (Fsp3) is 0.345. The molecular weight excluding hydrogens is 392 g/mol. The zero-order chi connectivity index (χ0) is 22.7. The van der Waals surface area contributed by atoms with Gasteiger partial charge in [0.1, 0.15) is 0 Å². The van der Waals surface area contributed by atoms with Crippen LogP contribution >= 0.6 is 0 Å². The Morgan fingerprint density at radius 2 is 1.59 bits per heavy atom. The van der Waals surface area contributed by atoms with E-state index in [2.05, 4.69) is 97.3 Å². The maximum absolute atomic E-state index is 11.8. The van der Waals surface area contributed by atoms with E-state index < -0.39 is 0 Å². The Hall–Kier alpha value is -2.75. The molecule has 166 valence electrons. The molecule has 32 heavy (non-hydrogen) atoms. The first-order chi connectivity index (χ1) is 15.4. The molecule has 0 amide bonds. The number of ketones is 1. The molecule has 0 radical (unpaired) electrons. The summed E-state index contributed by atoms with van der Waals surface area (Å²) in [4.78, 5) is 17.1. The number of nitrogens with zero attached hydrogens (tertiary/aromatic N) is 2. The molecule has 1 aliphatic heterocycles. The summed E-state index contributed by atoms with van der Waals surface area (Å²) in [6.07, 6.45) is 0. The zero-order valence-corrected chi connectivity index (χ0v) is 19.7. The van der Waals surface area contributed by atoms with Gasteiger partial charge in [0, 0.05) is 37.3 Å². The first-order valence-electron chi connectivity index (χ1n) is 11.6. The van der Waals surface area contributed by atoms with E-state index in [1.165, 1.54) is 22.3 Å². The molecule has 3 atom stereocenters.